The molecule has 2 rings (SSSR count). The molecule has 3 atom stereocenters. The summed E-state index contributed by atoms with van der Waals surface area (Å²) in [7, 11) is 0. The zero-order valence-electron chi connectivity index (χ0n) is 12.5. The van der Waals surface area contributed by atoms with E-state index in [9.17, 15) is 4.79 Å². The maximum absolute atomic E-state index is 12.4. The Bertz CT molecular complexity index is 496. The zero-order valence-corrected chi connectivity index (χ0v) is 14.1. The molecule has 0 radical (unpaired) electrons. The van der Waals surface area contributed by atoms with Gasteiger partial charge in [-0.25, -0.2) is 4.98 Å². The average molecular weight is 340 g/mol. The fourth-order valence-corrected chi connectivity index (χ4v) is 3.45. The van der Waals surface area contributed by atoms with Gasteiger partial charge in [0.1, 0.15) is 5.82 Å². The van der Waals surface area contributed by atoms with E-state index < -0.39 is 0 Å². The Balaban J connectivity index is 2.07. The molecule has 1 fully saturated rings. The highest BCUT2D eigenvalue weighted by Crippen LogP contribution is 2.26. The molecule has 1 N–H and O–H groups in total. The van der Waals surface area contributed by atoms with Crippen LogP contribution in [0.25, 0.3) is 0 Å². The average Bonchev–Trinajstić information content (AvgIpc) is 2.71. The standard InChI is InChI=1S/C15H22BrN3O/c1-9-7-13(16)8-17-14(9)18-15(20)12(4)19-10(2)5-6-11(19)3/h7-8,10-12H,5-6H2,1-4H3,(H,17,18,20). The molecule has 5 heteroatoms. The molecule has 2 heterocycles. The van der Waals surface area contributed by atoms with Crippen molar-refractivity contribution in [2.45, 2.75) is 58.7 Å². The maximum atomic E-state index is 12.4. The number of aromatic nitrogens is 1. The molecule has 1 aliphatic heterocycles. The van der Waals surface area contributed by atoms with Gasteiger partial charge in [-0.05, 0) is 68.1 Å². The number of carbonyl (C=O) groups excluding carboxylic acids is 1. The number of pyridine rings is 1. The summed E-state index contributed by atoms with van der Waals surface area (Å²) in [4.78, 5) is 19.0. The molecule has 1 saturated heterocycles. The predicted molar refractivity (Wildman–Crippen MR) is 84.8 cm³/mol. The van der Waals surface area contributed by atoms with Gasteiger partial charge in [-0.15, -0.1) is 0 Å². The summed E-state index contributed by atoms with van der Waals surface area (Å²) in [6.45, 7) is 8.30. The molecule has 110 valence electrons. The van der Waals surface area contributed by atoms with Crippen LogP contribution in [0.5, 0.6) is 0 Å². The van der Waals surface area contributed by atoms with Crippen molar-refractivity contribution in [1.29, 1.82) is 0 Å². The first-order chi connectivity index (χ1) is 9.40. The van der Waals surface area contributed by atoms with Crippen molar-refractivity contribution in [3.63, 3.8) is 0 Å². The first-order valence-electron chi connectivity index (χ1n) is 7.10. The van der Waals surface area contributed by atoms with Crippen LogP contribution in [0.15, 0.2) is 16.7 Å². The van der Waals surface area contributed by atoms with E-state index in [2.05, 4.69) is 45.0 Å². The lowest BCUT2D eigenvalue weighted by Crippen LogP contribution is -2.47. The summed E-state index contributed by atoms with van der Waals surface area (Å²) in [6, 6.07) is 2.75. The molecule has 0 aromatic carbocycles. The monoisotopic (exact) mass is 339 g/mol. The number of nitrogens with one attached hydrogen (secondary N) is 1. The molecule has 0 aliphatic carbocycles. The van der Waals surface area contributed by atoms with E-state index in [1.54, 1.807) is 6.20 Å². The highest BCUT2D eigenvalue weighted by Gasteiger charge is 2.34. The summed E-state index contributed by atoms with van der Waals surface area (Å²) in [5.41, 5.74) is 0.961. The number of likely N-dealkylation sites (tertiary alicyclic amines) is 1. The SMILES string of the molecule is Cc1cc(Br)cnc1NC(=O)C(C)N1C(C)CCC1C. The number of nitrogens with zero attached hydrogens (tertiary/aromatic N) is 2. The van der Waals surface area contributed by atoms with Crippen LogP contribution in [0, 0.1) is 6.92 Å². The fourth-order valence-electron chi connectivity index (χ4n) is 3.01. The van der Waals surface area contributed by atoms with Crippen LogP contribution in [-0.4, -0.2) is 33.9 Å². The van der Waals surface area contributed by atoms with Crippen molar-refractivity contribution in [2.75, 3.05) is 5.32 Å². The topological polar surface area (TPSA) is 45.2 Å². The minimum atomic E-state index is -0.132. The van der Waals surface area contributed by atoms with E-state index in [-0.39, 0.29) is 11.9 Å². The number of amides is 1. The molecule has 1 amide bonds. The summed E-state index contributed by atoms with van der Waals surface area (Å²) in [5, 5.41) is 2.94. The molecule has 1 aromatic rings. The van der Waals surface area contributed by atoms with Gasteiger partial charge in [0.15, 0.2) is 0 Å². The van der Waals surface area contributed by atoms with Crippen molar-refractivity contribution in [3.8, 4) is 0 Å². The first kappa shape index (κ1) is 15.4. The number of aryl methyl sites for hydroxylation is 1. The van der Waals surface area contributed by atoms with E-state index in [0.717, 1.165) is 22.9 Å². The summed E-state index contributed by atoms with van der Waals surface area (Å²) in [5.74, 6) is 0.660. The van der Waals surface area contributed by atoms with E-state index in [1.807, 2.05) is 19.9 Å². The second kappa shape index (κ2) is 6.22. The van der Waals surface area contributed by atoms with E-state index in [4.69, 9.17) is 0 Å². The molecule has 0 saturated carbocycles. The van der Waals surface area contributed by atoms with Gasteiger partial charge < -0.3 is 5.32 Å². The van der Waals surface area contributed by atoms with Crippen LogP contribution in [0.3, 0.4) is 0 Å². The third-order valence-electron chi connectivity index (χ3n) is 4.13. The molecule has 0 bridgehead atoms. The molecule has 4 nitrogen and oxygen atoms in total. The molecular weight excluding hydrogens is 318 g/mol. The molecule has 0 spiro atoms. The quantitative estimate of drug-likeness (QED) is 0.918. The second-order valence-electron chi connectivity index (χ2n) is 5.71. The summed E-state index contributed by atoms with van der Waals surface area (Å²) >= 11 is 3.38. The van der Waals surface area contributed by atoms with Gasteiger partial charge in [0.25, 0.3) is 0 Å². The smallest absolute Gasteiger partial charge is 0.242 e. The third-order valence-corrected chi connectivity index (χ3v) is 4.57. The van der Waals surface area contributed by atoms with Crippen LogP contribution < -0.4 is 5.32 Å². The number of halogens is 1. The van der Waals surface area contributed by atoms with Crippen LogP contribution in [0.2, 0.25) is 0 Å². The van der Waals surface area contributed by atoms with Crippen molar-refractivity contribution in [2.24, 2.45) is 0 Å². The Labute approximate surface area is 129 Å². The number of anilines is 1. The first-order valence-corrected chi connectivity index (χ1v) is 7.90. The van der Waals surface area contributed by atoms with Crippen LogP contribution in [-0.2, 0) is 4.79 Å². The summed E-state index contributed by atoms with van der Waals surface area (Å²) < 4.78 is 0.919. The second-order valence-corrected chi connectivity index (χ2v) is 6.62. The fraction of sp³-hybridized carbons (Fsp3) is 0.600. The Kier molecular flexibility index (Phi) is 4.81. The van der Waals surface area contributed by atoms with E-state index in [1.165, 1.54) is 0 Å². The Hall–Kier alpha value is -0.940. The van der Waals surface area contributed by atoms with Crippen molar-refractivity contribution in [1.82, 2.24) is 9.88 Å². The van der Waals surface area contributed by atoms with Crippen LogP contribution in [0.1, 0.15) is 39.2 Å². The van der Waals surface area contributed by atoms with Gasteiger partial charge in [-0.3, -0.25) is 9.69 Å². The number of hydrogen-bond donors (Lipinski definition) is 1. The lowest BCUT2D eigenvalue weighted by molar-refractivity contribution is -0.121. The van der Waals surface area contributed by atoms with E-state index >= 15 is 0 Å². The van der Waals surface area contributed by atoms with Crippen LogP contribution in [0.4, 0.5) is 5.82 Å². The predicted octanol–water partition coefficient (Wildman–Crippen LogP) is 3.35. The highest BCUT2D eigenvalue weighted by atomic mass is 79.9. The largest absolute Gasteiger partial charge is 0.309 e. The van der Waals surface area contributed by atoms with Crippen molar-refractivity contribution in [3.05, 3.63) is 22.3 Å². The minimum absolute atomic E-state index is 0.0172. The van der Waals surface area contributed by atoms with Crippen molar-refractivity contribution < 1.29 is 4.79 Å². The Morgan fingerprint density at radius 3 is 2.60 bits per heavy atom. The zero-order chi connectivity index (χ0) is 14.9. The lowest BCUT2D eigenvalue weighted by atomic mass is 10.2. The number of hydrogen-bond acceptors (Lipinski definition) is 3. The highest BCUT2D eigenvalue weighted by molar-refractivity contribution is 9.10. The van der Waals surface area contributed by atoms with Crippen molar-refractivity contribution >= 4 is 27.7 Å². The molecule has 1 aliphatic rings. The van der Waals surface area contributed by atoms with Gasteiger partial charge in [-0.1, -0.05) is 0 Å². The van der Waals surface area contributed by atoms with Gasteiger partial charge in [0.05, 0.1) is 6.04 Å². The lowest BCUT2D eigenvalue weighted by Gasteiger charge is -2.31. The van der Waals surface area contributed by atoms with E-state index in [0.29, 0.717) is 17.9 Å². The van der Waals surface area contributed by atoms with Gasteiger partial charge in [0, 0.05) is 22.8 Å². The van der Waals surface area contributed by atoms with Crippen LogP contribution >= 0.6 is 15.9 Å². The molecule has 1 aromatic heterocycles. The molecule has 3 unspecified atom stereocenters. The van der Waals surface area contributed by atoms with Gasteiger partial charge in [0.2, 0.25) is 5.91 Å². The van der Waals surface area contributed by atoms with Gasteiger partial charge in [-0.2, -0.15) is 0 Å². The molecular formula is C15H22BrN3O. The maximum Gasteiger partial charge on any atom is 0.242 e. The molecule has 20 heavy (non-hydrogen) atoms. The number of rotatable bonds is 3. The number of carbonyl (C=O) groups is 1. The third kappa shape index (κ3) is 3.20. The summed E-state index contributed by atoms with van der Waals surface area (Å²) in [6.07, 6.45) is 4.02. The van der Waals surface area contributed by atoms with Gasteiger partial charge >= 0.3 is 0 Å². The Morgan fingerprint density at radius 2 is 2.05 bits per heavy atom. The minimum Gasteiger partial charge on any atom is -0.309 e. The normalized spacial score (nSPS) is 24.6. The Morgan fingerprint density at radius 1 is 1.45 bits per heavy atom.